The highest BCUT2D eigenvalue weighted by atomic mass is 127. The Balaban J connectivity index is 3.41. The maximum Gasteiger partial charge on any atom is 0.273 e. The van der Waals surface area contributed by atoms with Gasteiger partial charge in [-0.25, -0.2) is 0 Å². The van der Waals surface area contributed by atoms with Crippen molar-refractivity contribution in [3.63, 3.8) is 0 Å². The van der Waals surface area contributed by atoms with Gasteiger partial charge in [0.15, 0.2) is 5.78 Å². The Bertz CT molecular complexity index is 449. The summed E-state index contributed by atoms with van der Waals surface area (Å²) < 4.78 is 5.57. The average molecular weight is 400 g/mol. The van der Waals surface area contributed by atoms with Gasteiger partial charge in [-0.2, -0.15) is 0 Å². The van der Waals surface area contributed by atoms with Gasteiger partial charge < -0.3 is 4.74 Å². The van der Waals surface area contributed by atoms with Crippen molar-refractivity contribution in [1.29, 1.82) is 0 Å². The number of nitro groups is 1. The van der Waals surface area contributed by atoms with Gasteiger partial charge in [0.1, 0.15) is 5.75 Å². The second kappa shape index (κ2) is 5.58. The third-order valence-electron chi connectivity index (χ3n) is 1.88. The first-order valence-corrected chi connectivity index (χ1v) is 6.32. The fourth-order valence-corrected chi connectivity index (χ4v) is 2.25. The Labute approximate surface area is 114 Å². The average Bonchev–Trinajstić information content (AvgIpc) is 2.28. The quantitative estimate of drug-likeness (QED) is 0.256. The second-order valence-corrected chi connectivity index (χ2v) is 4.46. The van der Waals surface area contributed by atoms with E-state index in [2.05, 4.69) is 15.9 Å². The maximum atomic E-state index is 11.5. The molecule has 0 fully saturated rings. The predicted molar refractivity (Wildman–Crippen MR) is 70.5 cm³/mol. The highest BCUT2D eigenvalue weighted by Crippen LogP contribution is 2.30. The Morgan fingerprint density at radius 3 is 2.69 bits per heavy atom. The number of nitro benzene ring substituents is 1. The lowest BCUT2D eigenvalue weighted by atomic mass is 10.1. The van der Waals surface area contributed by atoms with Crippen molar-refractivity contribution in [2.75, 3.05) is 12.4 Å². The summed E-state index contributed by atoms with van der Waals surface area (Å²) in [5.41, 5.74) is 0.144. The number of carbonyl (C=O) groups excluding carboxylic acids is 1. The van der Waals surface area contributed by atoms with E-state index >= 15 is 0 Å². The number of benzene rings is 1. The van der Waals surface area contributed by atoms with Gasteiger partial charge in [0.25, 0.3) is 5.69 Å². The summed E-state index contributed by atoms with van der Waals surface area (Å²) >= 11 is 4.96. The summed E-state index contributed by atoms with van der Waals surface area (Å²) in [6.07, 6.45) is 0. The van der Waals surface area contributed by atoms with Crippen LogP contribution in [0.15, 0.2) is 12.1 Å². The third kappa shape index (κ3) is 2.70. The molecule has 0 aliphatic rings. The molecule has 0 aliphatic heterocycles. The highest BCUT2D eigenvalue weighted by Gasteiger charge is 2.19. The number of carbonyl (C=O) groups is 1. The third-order valence-corrected chi connectivity index (χ3v) is 3.50. The number of Topliss-reactive ketones (excluding diaryl/α,β-unsaturated/α-hetero) is 1. The molecule has 0 amide bonds. The summed E-state index contributed by atoms with van der Waals surface area (Å²) in [5.74, 6) is 0.116. The fourth-order valence-electron chi connectivity index (χ4n) is 1.11. The molecule has 1 aromatic carbocycles. The van der Waals surface area contributed by atoms with E-state index in [4.69, 9.17) is 4.74 Å². The van der Waals surface area contributed by atoms with Crippen LogP contribution in [0, 0.1) is 13.7 Å². The maximum absolute atomic E-state index is 11.5. The van der Waals surface area contributed by atoms with Crippen molar-refractivity contribution in [3.05, 3.63) is 31.4 Å². The first kappa shape index (κ1) is 13.4. The minimum Gasteiger partial charge on any atom is -0.495 e. The van der Waals surface area contributed by atoms with Crippen molar-refractivity contribution in [1.82, 2.24) is 0 Å². The number of rotatable bonds is 4. The van der Waals surface area contributed by atoms with Gasteiger partial charge >= 0.3 is 0 Å². The summed E-state index contributed by atoms with van der Waals surface area (Å²) in [6.45, 7) is 0. The summed E-state index contributed by atoms with van der Waals surface area (Å²) in [4.78, 5) is 21.7. The first-order valence-electron chi connectivity index (χ1n) is 4.12. The van der Waals surface area contributed by atoms with Gasteiger partial charge in [0.05, 0.1) is 27.0 Å². The lowest BCUT2D eigenvalue weighted by Gasteiger charge is -2.07. The van der Waals surface area contributed by atoms with Crippen LogP contribution in [-0.2, 0) is 0 Å². The molecule has 0 aromatic heterocycles. The molecule has 7 heteroatoms. The summed E-state index contributed by atoms with van der Waals surface area (Å²) in [7, 11) is 1.41. The number of ketones is 1. The zero-order valence-electron chi connectivity index (χ0n) is 8.20. The van der Waals surface area contributed by atoms with Crippen LogP contribution in [0.3, 0.4) is 0 Å². The van der Waals surface area contributed by atoms with Gasteiger partial charge in [-0.05, 0) is 22.6 Å². The zero-order chi connectivity index (χ0) is 12.3. The number of nitrogens with zero attached hydrogens (tertiary/aromatic N) is 1. The molecule has 16 heavy (non-hydrogen) atoms. The van der Waals surface area contributed by atoms with Crippen molar-refractivity contribution in [2.45, 2.75) is 0 Å². The van der Waals surface area contributed by atoms with E-state index in [9.17, 15) is 14.9 Å². The minimum absolute atomic E-state index is 0.118. The van der Waals surface area contributed by atoms with Gasteiger partial charge in [-0.1, -0.05) is 15.9 Å². The molecule has 1 aromatic rings. The zero-order valence-corrected chi connectivity index (χ0v) is 11.9. The molecule has 5 nitrogen and oxygen atoms in total. The lowest BCUT2D eigenvalue weighted by molar-refractivity contribution is -0.385. The van der Waals surface area contributed by atoms with Gasteiger partial charge in [0.2, 0.25) is 0 Å². The molecule has 0 atom stereocenters. The number of hydrogen-bond acceptors (Lipinski definition) is 4. The molecule has 0 N–H and O–H groups in total. The number of methoxy groups -OCH3 is 1. The van der Waals surface area contributed by atoms with Gasteiger partial charge in [-0.3, -0.25) is 14.9 Å². The van der Waals surface area contributed by atoms with Crippen molar-refractivity contribution < 1.29 is 14.5 Å². The Morgan fingerprint density at radius 2 is 2.25 bits per heavy atom. The van der Waals surface area contributed by atoms with Crippen LogP contribution in [0.1, 0.15) is 10.4 Å². The van der Waals surface area contributed by atoms with E-state index in [-0.39, 0.29) is 16.8 Å². The van der Waals surface area contributed by atoms with E-state index in [0.717, 1.165) is 0 Å². The van der Waals surface area contributed by atoms with Crippen LogP contribution in [0.4, 0.5) is 5.69 Å². The molecule has 0 saturated heterocycles. The van der Waals surface area contributed by atoms with E-state index in [1.165, 1.54) is 19.2 Å². The summed E-state index contributed by atoms with van der Waals surface area (Å²) in [5, 5.41) is 10.8. The normalized spacial score (nSPS) is 9.94. The van der Waals surface area contributed by atoms with Gasteiger partial charge in [-0.15, -0.1) is 0 Å². The van der Waals surface area contributed by atoms with E-state index in [1.54, 1.807) is 0 Å². The fraction of sp³-hybridized carbons (Fsp3) is 0.222. The van der Waals surface area contributed by atoms with Crippen molar-refractivity contribution in [2.24, 2.45) is 0 Å². The molecule has 0 bridgehead atoms. The monoisotopic (exact) mass is 399 g/mol. The molecule has 0 saturated carbocycles. The van der Waals surface area contributed by atoms with Crippen LogP contribution in [0.2, 0.25) is 0 Å². The molecular weight excluding hydrogens is 393 g/mol. The van der Waals surface area contributed by atoms with E-state index in [1.807, 2.05) is 22.6 Å². The number of non-ortho nitro benzene ring substituents is 1. The van der Waals surface area contributed by atoms with Crippen LogP contribution < -0.4 is 4.74 Å². The molecule has 1 rings (SSSR count). The number of alkyl halides is 1. The SMILES string of the molecule is COc1cc([N+](=O)[O-])cc(C(=O)CBr)c1I. The molecule has 86 valence electrons. The molecule has 0 unspecified atom stereocenters. The highest BCUT2D eigenvalue weighted by molar-refractivity contribution is 14.1. The Hall–Kier alpha value is -0.700. The van der Waals surface area contributed by atoms with E-state index in [0.29, 0.717) is 14.9 Å². The lowest BCUT2D eigenvalue weighted by Crippen LogP contribution is -2.05. The molecule has 0 heterocycles. The predicted octanol–water partition coefficient (Wildman–Crippen LogP) is 2.79. The van der Waals surface area contributed by atoms with Crippen LogP contribution in [0.5, 0.6) is 5.75 Å². The first-order chi connectivity index (χ1) is 7.51. The van der Waals surface area contributed by atoms with Crippen molar-refractivity contribution in [3.8, 4) is 5.75 Å². The van der Waals surface area contributed by atoms with Gasteiger partial charge in [0, 0.05) is 11.6 Å². The Kier molecular flexibility index (Phi) is 4.66. The number of halogens is 2. The molecule has 0 aliphatic carbocycles. The van der Waals surface area contributed by atoms with Crippen LogP contribution >= 0.6 is 38.5 Å². The largest absolute Gasteiger partial charge is 0.495 e. The minimum atomic E-state index is -0.552. The molecular formula is C9H7BrINO4. The summed E-state index contributed by atoms with van der Waals surface area (Å²) in [6, 6.07) is 2.56. The van der Waals surface area contributed by atoms with Crippen LogP contribution in [0.25, 0.3) is 0 Å². The number of ether oxygens (including phenoxy) is 1. The molecule has 0 radical (unpaired) electrons. The molecule has 0 spiro atoms. The Morgan fingerprint density at radius 1 is 1.62 bits per heavy atom. The standard InChI is InChI=1S/C9H7BrINO4/c1-16-8-3-5(12(14)15)2-6(9(8)11)7(13)4-10/h2-3H,4H2,1H3. The second-order valence-electron chi connectivity index (χ2n) is 2.82. The topological polar surface area (TPSA) is 69.4 Å². The van der Waals surface area contributed by atoms with Crippen LogP contribution in [-0.4, -0.2) is 23.1 Å². The van der Waals surface area contributed by atoms with E-state index < -0.39 is 4.92 Å². The number of hydrogen-bond donors (Lipinski definition) is 0. The smallest absolute Gasteiger partial charge is 0.273 e. The van der Waals surface area contributed by atoms with Crippen molar-refractivity contribution >= 4 is 50.0 Å².